The van der Waals surface area contributed by atoms with Crippen molar-refractivity contribution in [1.82, 2.24) is 0 Å². The van der Waals surface area contributed by atoms with Crippen molar-refractivity contribution in [2.24, 2.45) is 11.8 Å². The van der Waals surface area contributed by atoms with Crippen molar-refractivity contribution in [2.45, 2.75) is 89.8 Å². The third kappa shape index (κ3) is 3.11. The third-order valence-electron chi connectivity index (χ3n) is 7.73. The Morgan fingerprint density at radius 1 is 1.00 bits per heavy atom. The van der Waals surface area contributed by atoms with E-state index in [-0.39, 0.29) is 18.3 Å². The average Bonchev–Trinajstić information content (AvgIpc) is 3.53. The minimum absolute atomic E-state index is 0.246. The Hall–Kier alpha value is -1.06. The van der Waals surface area contributed by atoms with Gasteiger partial charge in [0.25, 0.3) is 0 Å². The van der Waals surface area contributed by atoms with E-state index in [2.05, 4.69) is 52.0 Å². The van der Waals surface area contributed by atoms with Crippen LogP contribution in [0.3, 0.4) is 0 Å². The van der Waals surface area contributed by atoms with Gasteiger partial charge in [-0.15, -0.1) is 0 Å². The maximum absolute atomic E-state index is 6.56. The van der Waals surface area contributed by atoms with Gasteiger partial charge in [0.1, 0.15) is 0 Å². The molecular formula is C24H33BO2. The van der Waals surface area contributed by atoms with E-state index in [1.54, 1.807) is 0 Å². The number of hydrogen-bond acceptors (Lipinski definition) is 2. The van der Waals surface area contributed by atoms with E-state index in [4.69, 9.17) is 9.31 Å². The molecule has 0 spiro atoms. The molecule has 2 unspecified atom stereocenters. The fourth-order valence-corrected chi connectivity index (χ4v) is 5.11. The zero-order valence-corrected chi connectivity index (χ0v) is 17.4. The number of benzene rings is 1. The maximum Gasteiger partial charge on any atom is 0.495 e. The summed E-state index contributed by atoms with van der Waals surface area (Å²) in [5.41, 5.74) is 5.18. The molecule has 144 valence electrons. The molecule has 3 heteroatoms. The highest BCUT2D eigenvalue weighted by Gasteiger charge is 2.55. The number of hydrogen-bond donors (Lipinski definition) is 0. The Labute approximate surface area is 164 Å². The van der Waals surface area contributed by atoms with Crippen LogP contribution in [0.25, 0.3) is 5.57 Å². The highest BCUT2D eigenvalue weighted by Crippen LogP contribution is 2.59. The molecule has 27 heavy (non-hydrogen) atoms. The van der Waals surface area contributed by atoms with Gasteiger partial charge < -0.3 is 9.31 Å². The normalized spacial score (nSPS) is 31.7. The molecule has 4 aliphatic rings. The molecule has 3 fully saturated rings. The van der Waals surface area contributed by atoms with Gasteiger partial charge in [-0.1, -0.05) is 24.3 Å². The predicted molar refractivity (Wildman–Crippen MR) is 112 cm³/mol. The molecule has 1 aromatic carbocycles. The first-order valence-corrected chi connectivity index (χ1v) is 11.1. The Balaban J connectivity index is 1.57. The van der Waals surface area contributed by atoms with E-state index < -0.39 is 0 Å². The molecule has 0 aromatic heterocycles. The Morgan fingerprint density at radius 2 is 1.74 bits per heavy atom. The molecule has 3 aliphatic carbocycles. The molecule has 0 amide bonds. The molecule has 0 bridgehead atoms. The molecule has 1 heterocycles. The standard InChI is InChI=1S/C24H33BO2/c1-23(2)24(3,4)27-25(26-23)22-18(16-9-6-5-7-10-16)11-8-12-19(22)21-15-20(21)17-13-14-17/h8-9,11-12,17,20-21H,5-7,10,13-15H2,1-4H3. The summed E-state index contributed by atoms with van der Waals surface area (Å²) in [7, 11) is -0.246. The quantitative estimate of drug-likeness (QED) is 0.661. The lowest BCUT2D eigenvalue weighted by Crippen LogP contribution is -2.41. The van der Waals surface area contributed by atoms with Crippen LogP contribution in [0.1, 0.15) is 89.7 Å². The van der Waals surface area contributed by atoms with E-state index in [0.29, 0.717) is 0 Å². The van der Waals surface area contributed by atoms with Gasteiger partial charge in [-0.3, -0.25) is 0 Å². The fourth-order valence-electron chi connectivity index (χ4n) is 5.11. The van der Waals surface area contributed by atoms with E-state index in [1.165, 1.54) is 67.1 Å². The predicted octanol–water partition coefficient (Wildman–Crippen LogP) is 5.46. The van der Waals surface area contributed by atoms with Crippen molar-refractivity contribution in [3.05, 3.63) is 35.4 Å². The van der Waals surface area contributed by atoms with Crippen LogP contribution < -0.4 is 5.46 Å². The molecule has 5 rings (SSSR count). The summed E-state index contributed by atoms with van der Waals surface area (Å²) < 4.78 is 13.1. The molecular weight excluding hydrogens is 331 g/mol. The molecule has 0 N–H and O–H groups in total. The second kappa shape index (κ2) is 6.22. The van der Waals surface area contributed by atoms with Crippen molar-refractivity contribution in [3.8, 4) is 0 Å². The monoisotopic (exact) mass is 364 g/mol. The van der Waals surface area contributed by atoms with Gasteiger partial charge in [0, 0.05) is 0 Å². The van der Waals surface area contributed by atoms with Crippen molar-refractivity contribution < 1.29 is 9.31 Å². The van der Waals surface area contributed by atoms with E-state index in [9.17, 15) is 0 Å². The van der Waals surface area contributed by atoms with Crippen LogP contribution in [0.5, 0.6) is 0 Å². The first-order valence-electron chi connectivity index (χ1n) is 11.1. The summed E-state index contributed by atoms with van der Waals surface area (Å²) in [6.45, 7) is 8.66. The summed E-state index contributed by atoms with van der Waals surface area (Å²) in [5, 5.41) is 0. The van der Waals surface area contributed by atoms with Crippen LogP contribution in [0, 0.1) is 11.8 Å². The summed E-state index contributed by atoms with van der Waals surface area (Å²) in [6, 6.07) is 6.95. The number of rotatable bonds is 4. The highest BCUT2D eigenvalue weighted by molar-refractivity contribution is 6.63. The largest absolute Gasteiger partial charge is 0.495 e. The Bertz CT molecular complexity index is 759. The van der Waals surface area contributed by atoms with Gasteiger partial charge in [-0.25, -0.2) is 0 Å². The van der Waals surface area contributed by atoms with Crippen molar-refractivity contribution >= 4 is 18.2 Å². The third-order valence-corrected chi connectivity index (χ3v) is 7.73. The Kier molecular flexibility index (Phi) is 4.15. The van der Waals surface area contributed by atoms with Gasteiger partial charge in [-0.05, 0) is 113 Å². The van der Waals surface area contributed by atoms with Crippen LogP contribution in [-0.2, 0) is 9.31 Å². The van der Waals surface area contributed by atoms with E-state index in [1.807, 2.05) is 0 Å². The first kappa shape index (κ1) is 18.0. The van der Waals surface area contributed by atoms with Crippen LogP contribution in [0.15, 0.2) is 24.3 Å². The van der Waals surface area contributed by atoms with Gasteiger partial charge in [0.2, 0.25) is 0 Å². The minimum Gasteiger partial charge on any atom is -0.399 e. The maximum atomic E-state index is 6.56. The molecule has 2 atom stereocenters. The van der Waals surface area contributed by atoms with Crippen LogP contribution in [0.2, 0.25) is 0 Å². The molecule has 0 radical (unpaired) electrons. The van der Waals surface area contributed by atoms with Crippen molar-refractivity contribution in [1.29, 1.82) is 0 Å². The molecule has 1 saturated heterocycles. The van der Waals surface area contributed by atoms with Gasteiger partial charge in [0.15, 0.2) is 0 Å². The second-order valence-electron chi connectivity index (χ2n) is 10.2. The SMILES string of the molecule is CC1(C)OB(c2c(C3=CCCCC3)cccc2C2CC2C2CC2)OC1(C)C. The Morgan fingerprint density at radius 3 is 2.37 bits per heavy atom. The first-order chi connectivity index (χ1) is 12.9. The summed E-state index contributed by atoms with van der Waals surface area (Å²) in [5.74, 6) is 2.61. The minimum atomic E-state index is -0.289. The summed E-state index contributed by atoms with van der Waals surface area (Å²) >= 11 is 0. The van der Waals surface area contributed by atoms with Crippen molar-refractivity contribution in [3.63, 3.8) is 0 Å². The number of allylic oxidation sites excluding steroid dienone is 2. The smallest absolute Gasteiger partial charge is 0.399 e. The second-order valence-corrected chi connectivity index (χ2v) is 10.2. The van der Waals surface area contributed by atoms with Crippen LogP contribution in [0.4, 0.5) is 0 Å². The molecule has 1 aliphatic heterocycles. The van der Waals surface area contributed by atoms with Gasteiger partial charge in [-0.2, -0.15) is 0 Å². The topological polar surface area (TPSA) is 18.5 Å². The van der Waals surface area contributed by atoms with Gasteiger partial charge >= 0.3 is 7.12 Å². The highest BCUT2D eigenvalue weighted by atomic mass is 16.7. The lowest BCUT2D eigenvalue weighted by molar-refractivity contribution is 0.00578. The van der Waals surface area contributed by atoms with Gasteiger partial charge in [0.05, 0.1) is 11.2 Å². The molecule has 2 nitrogen and oxygen atoms in total. The summed E-state index contributed by atoms with van der Waals surface area (Å²) in [6.07, 6.45) is 11.7. The van der Waals surface area contributed by atoms with Crippen LogP contribution in [-0.4, -0.2) is 18.3 Å². The fraction of sp³-hybridized carbons (Fsp3) is 0.667. The summed E-state index contributed by atoms with van der Waals surface area (Å²) in [4.78, 5) is 0. The zero-order valence-electron chi connectivity index (χ0n) is 17.4. The lowest BCUT2D eigenvalue weighted by Gasteiger charge is -2.32. The van der Waals surface area contributed by atoms with Crippen molar-refractivity contribution in [2.75, 3.05) is 0 Å². The van der Waals surface area contributed by atoms with E-state index >= 15 is 0 Å². The lowest BCUT2D eigenvalue weighted by atomic mass is 9.69. The average molecular weight is 364 g/mol. The molecule has 2 saturated carbocycles. The van der Waals surface area contributed by atoms with Crippen LogP contribution >= 0.6 is 0 Å². The zero-order chi connectivity index (χ0) is 18.8. The van der Waals surface area contributed by atoms with E-state index in [0.717, 1.165) is 17.8 Å². The molecule has 1 aromatic rings.